The van der Waals surface area contributed by atoms with Crippen molar-refractivity contribution >= 4 is 32.4 Å². The minimum atomic E-state index is 0.528. The molecule has 0 atom stereocenters. The second kappa shape index (κ2) is 4.37. The lowest BCUT2D eigenvalue weighted by atomic mass is 9.76. The van der Waals surface area contributed by atoms with Crippen LogP contribution in [0.3, 0.4) is 0 Å². The van der Waals surface area contributed by atoms with Crippen LogP contribution in [-0.2, 0) is 0 Å². The molecular weight excluding hydrogens is 274 g/mol. The van der Waals surface area contributed by atoms with Crippen LogP contribution in [0.4, 0.5) is 5.13 Å². The van der Waals surface area contributed by atoms with E-state index in [2.05, 4.69) is 45.3 Å². The fraction of sp³-hybridized carbons (Fsp3) is 0.800. The number of nitrogens with one attached hydrogen (secondary N) is 1. The van der Waals surface area contributed by atoms with Gasteiger partial charge in [0.05, 0.1) is 0 Å². The zero-order valence-corrected chi connectivity index (χ0v) is 11.5. The third kappa shape index (κ3) is 3.14. The van der Waals surface area contributed by atoms with Crippen LogP contribution in [-0.4, -0.2) is 16.2 Å². The van der Waals surface area contributed by atoms with E-state index in [4.69, 9.17) is 0 Å². The van der Waals surface area contributed by atoms with Gasteiger partial charge in [-0.05, 0) is 47.0 Å². The monoisotopic (exact) mass is 289 g/mol. The van der Waals surface area contributed by atoms with Crippen LogP contribution in [0.2, 0.25) is 0 Å². The van der Waals surface area contributed by atoms with Crippen molar-refractivity contribution in [1.29, 1.82) is 0 Å². The Bertz CT molecular complexity index is 327. The van der Waals surface area contributed by atoms with Crippen LogP contribution >= 0.6 is 27.3 Å². The minimum absolute atomic E-state index is 0.528. The second-order valence-corrected chi connectivity index (χ2v) is 7.20. The van der Waals surface area contributed by atoms with E-state index in [1.165, 1.54) is 25.7 Å². The molecule has 15 heavy (non-hydrogen) atoms. The van der Waals surface area contributed by atoms with E-state index in [9.17, 15) is 0 Å². The second-order valence-electron chi connectivity index (χ2n) is 4.94. The number of halogens is 1. The first-order chi connectivity index (χ1) is 7.05. The Hall–Kier alpha value is -0.160. The molecule has 3 nitrogen and oxygen atoms in total. The summed E-state index contributed by atoms with van der Waals surface area (Å²) in [5.41, 5.74) is 0.528. The van der Waals surface area contributed by atoms with Gasteiger partial charge in [-0.2, -0.15) is 0 Å². The van der Waals surface area contributed by atoms with E-state index in [-0.39, 0.29) is 0 Å². The third-order valence-electron chi connectivity index (χ3n) is 3.07. The topological polar surface area (TPSA) is 37.8 Å². The summed E-state index contributed by atoms with van der Waals surface area (Å²) in [6.07, 6.45) is 5.07. The van der Waals surface area contributed by atoms with E-state index in [1.807, 2.05) is 0 Å². The molecule has 1 fully saturated rings. The molecule has 1 heterocycles. The van der Waals surface area contributed by atoms with Gasteiger partial charge in [0.25, 0.3) is 0 Å². The Balaban J connectivity index is 1.87. The highest BCUT2D eigenvalue weighted by Gasteiger charge is 2.27. The quantitative estimate of drug-likeness (QED) is 0.902. The van der Waals surface area contributed by atoms with Crippen molar-refractivity contribution in [1.82, 2.24) is 10.2 Å². The van der Waals surface area contributed by atoms with Crippen LogP contribution in [0.5, 0.6) is 0 Å². The third-order valence-corrected chi connectivity index (χ3v) is 4.35. The number of aromatic nitrogens is 2. The predicted molar refractivity (Wildman–Crippen MR) is 67.3 cm³/mol. The normalized spacial score (nSPS) is 21.5. The lowest BCUT2D eigenvalue weighted by molar-refractivity contribution is 0.232. The molecule has 84 valence electrons. The van der Waals surface area contributed by atoms with E-state index < -0.39 is 0 Å². The Morgan fingerprint density at radius 1 is 1.33 bits per heavy atom. The molecule has 0 spiro atoms. The number of rotatable bonds is 2. The van der Waals surface area contributed by atoms with Gasteiger partial charge in [-0.25, -0.2) is 0 Å². The Labute approximate surface area is 103 Å². The van der Waals surface area contributed by atoms with Gasteiger partial charge in [-0.15, -0.1) is 10.2 Å². The van der Waals surface area contributed by atoms with Crippen LogP contribution in [0.25, 0.3) is 0 Å². The van der Waals surface area contributed by atoms with Gasteiger partial charge < -0.3 is 5.32 Å². The molecule has 0 aliphatic heterocycles. The summed E-state index contributed by atoms with van der Waals surface area (Å²) in [5, 5.41) is 12.4. The smallest absolute Gasteiger partial charge is 0.206 e. The first kappa shape index (κ1) is 11.3. The number of nitrogens with zero attached hydrogens (tertiary/aromatic N) is 2. The van der Waals surface area contributed by atoms with Gasteiger partial charge in [0.15, 0.2) is 3.92 Å². The molecule has 1 aromatic rings. The first-order valence-electron chi connectivity index (χ1n) is 5.31. The van der Waals surface area contributed by atoms with Gasteiger partial charge in [0.1, 0.15) is 0 Å². The molecule has 1 aliphatic rings. The lowest BCUT2D eigenvalue weighted by Crippen LogP contribution is -2.29. The van der Waals surface area contributed by atoms with Crippen LogP contribution < -0.4 is 5.32 Å². The fourth-order valence-electron chi connectivity index (χ4n) is 1.98. The molecule has 0 radical (unpaired) electrons. The van der Waals surface area contributed by atoms with Gasteiger partial charge in [-0.3, -0.25) is 0 Å². The molecule has 0 aromatic carbocycles. The molecule has 0 saturated heterocycles. The molecule has 1 saturated carbocycles. The van der Waals surface area contributed by atoms with Crippen molar-refractivity contribution < 1.29 is 0 Å². The summed E-state index contributed by atoms with van der Waals surface area (Å²) in [6, 6.07) is 0.581. The van der Waals surface area contributed by atoms with Gasteiger partial charge in [-0.1, -0.05) is 25.2 Å². The van der Waals surface area contributed by atoms with E-state index >= 15 is 0 Å². The van der Waals surface area contributed by atoms with Crippen molar-refractivity contribution in [2.75, 3.05) is 5.32 Å². The van der Waals surface area contributed by atoms with E-state index in [1.54, 1.807) is 11.3 Å². The molecule has 2 rings (SSSR count). The summed E-state index contributed by atoms with van der Waals surface area (Å²) in [7, 11) is 0. The summed E-state index contributed by atoms with van der Waals surface area (Å²) in [4.78, 5) is 0. The zero-order valence-electron chi connectivity index (χ0n) is 9.09. The van der Waals surface area contributed by atoms with Gasteiger partial charge >= 0.3 is 0 Å². The van der Waals surface area contributed by atoms with Crippen molar-refractivity contribution in [2.24, 2.45) is 5.41 Å². The van der Waals surface area contributed by atoms with Crippen LogP contribution in [0.1, 0.15) is 39.5 Å². The number of hydrogen-bond acceptors (Lipinski definition) is 4. The molecule has 0 amide bonds. The maximum Gasteiger partial charge on any atom is 0.206 e. The summed E-state index contributed by atoms with van der Waals surface area (Å²) in [5.74, 6) is 0. The van der Waals surface area contributed by atoms with Crippen molar-refractivity contribution in [3.63, 3.8) is 0 Å². The largest absolute Gasteiger partial charge is 0.357 e. The maximum absolute atomic E-state index is 4.06. The van der Waals surface area contributed by atoms with Gasteiger partial charge in [0, 0.05) is 6.04 Å². The van der Waals surface area contributed by atoms with Crippen molar-refractivity contribution in [2.45, 2.75) is 45.6 Å². The van der Waals surface area contributed by atoms with Crippen LogP contribution in [0, 0.1) is 5.41 Å². The lowest BCUT2D eigenvalue weighted by Gasteiger charge is -2.34. The molecule has 1 aliphatic carbocycles. The Morgan fingerprint density at radius 2 is 2.00 bits per heavy atom. The average molecular weight is 290 g/mol. The fourth-order valence-corrected chi connectivity index (χ4v) is 3.07. The molecule has 1 N–H and O–H groups in total. The maximum atomic E-state index is 4.06. The predicted octanol–water partition coefficient (Wildman–Crippen LogP) is 3.68. The van der Waals surface area contributed by atoms with Crippen molar-refractivity contribution in [3.8, 4) is 0 Å². The van der Waals surface area contributed by atoms with Crippen molar-refractivity contribution in [3.05, 3.63) is 3.92 Å². The molecule has 0 unspecified atom stereocenters. The summed E-state index contributed by atoms with van der Waals surface area (Å²) < 4.78 is 0.848. The average Bonchev–Trinajstić information content (AvgIpc) is 2.55. The molecule has 5 heteroatoms. The highest BCUT2D eigenvalue weighted by atomic mass is 79.9. The van der Waals surface area contributed by atoms with E-state index in [0.29, 0.717) is 11.5 Å². The van der Waals surface area contributed by atoms with E-state index in [0.717, 1.165) is 9.05 Å². The Morgan fingerprint density at radius 3 is 2.53 bits per heavy atom. The molecule has 0 bridgehead atoms. The Kier molecular flexibility index (Phi) is 3.30. The first-order valence-corrected chi connectivity index (χ1v) is 6.92. The van der Waals surface area contributed by atoms with Gasteiger partial charge in [0.2, 0.25) is 5.13 Å². The molecular formula is C10H16BrN3S. The van der Waals surface area contributed by atoms with Crippen LogP contribution in [0.15, 0.2) is 3.92 Å². The summed E-state index contributed by atoms with van der Waals surface area (Å²) >= 11 is 4.88. The highest BCUT2D eigenvalue weighted by molar-refractivity contribution is 9.11. The number of hydrogen-bond donors (Lipinski definition) is 1. The zero-order chi connectivity index (χ0) is 10.9. The SMILES string of the molecule is CC1(C)CCC(Nc2nnc(Br)s2)CC1. The minimum Gasteiger partial charge on any atom is -0.357 e. The summed E-state index contributed by atoms with van der Waals surface area (Å²) in [6.45, 7) is 4.70. The number of anilines is 1. The standard InChI is InChI=1S/C10H16BrN3S/c1-10(2)5-3-7(4-6-10)12-9-14-13-8(11)15-9/h7H,3-6H2,1-2H3,(H,12,14). The molecule has 1 aromatic heterocycles. The highest BCUT2D eigenvalue weighted by Crippen LogP contribution is 2.36.